The van der Waals surface area contributed by atoms with E-state index in [0.717, 1.165) is 5.56 Å². The SMILES string of the molecule is COc1cc(-c2ccc3c(c2)Nc2ccc(NC(=O)c4cscn4)cc2NC3=O)ccc1[N+](=O)[O-]. The summed E-state index contributed by atoms with van der Waals surface area (Å²) in [6, 6.07) is 15.0. The largest absolute Gasteiger partial charge is 0.490 e. The number of carbonyl (C=O) groups is 2. The summed E-state index contributed by atoms with van der Waals surface area (Å²) in [5.41, 5.74) is 5.84. The van der Waals surface area contributed by atoms with Crippen LogP contribution in [0.4, 0.5) is 28.4 Å². The number of nitrogens with zero attached hydrogens (tertiary/aromatic N) is 2. The van der Waals surface area contributed by atoms with Crippen LogP contribution in [-0.4, -0.2) is 28.8 Å². The first kappa shape index (κ1) is 22.0. The molecule has 1 aliphatic rings. The van der Waals surface area contributed by atoms with Crippen molar-refractivity contribution in [1.82, 2.24) is 4.98 Å². The first-order chi connectivity index (χ1) is 16.9. The number of nitrogens with one attached hydrogen (secondary N) is 3. The Bertz CT molecular complexity index is 1490. The maximum Gasteiger partial charge on any atom is 0.310 e. The van der Waals surface area contributed by atoms with Gasteiger partial charge < -0.3 is 20.7 Å². The molecular formula is C24H17N5O5S. The highest BCUT2D eigenvalue weighted by Crippen LogP contribution is 2.38. The molecule has 0 atom stereocenters. The fraction of sp³-hybridized carbons (Fsp3) is 0.0417. The van der Waals surface area contributed by atoms with Gasteiger partial charge in [-0.3, -0.25) is 19.7 Å². The van der Waals surface area contributed by atoms with Gasteiger partial charge in [-0.25, -0.2) is 4.98 Å². The van der Waals surface area contributed by atoms with Crippen molar-refractivity contribution in [1.29, 1.82) is 0 Å². The summed E-state index contributed by atoms with van der Waals surface area (Å²) in [7, 11) is 1.37. The first-order valence-corrected chi connectivity index (χ1v) is 11.3. The smallest absolute Gasteiger partial charge is 0.310 e. The normalized spacial score (nSPS) is 11.9. The number of ether oxygens (including phenoxy) is 1. The lowest BCUT2D eigenvalue weighted by Gasteiger charge is -2.12. The predicted molar refractivity (Wildman–Crippen MR) is 133 cm³/mol. The molecule has 174 valence electrons. The fourth-order valence-corrected chi connectivity index (χ4v) is 4.25. The molecule has 10 nitrogen and oxygen atoms in total. The minimum Gasteiger partial charge on any atom is -0.490 e. The van der Waals surface area contributed by atoms with E-state index in [1.54, 1.807) is 59.4 Å². The van der Waals surface area contributed by atoms with Gasteiger partial charge in [0.2, 0.25) is 0 Å². The zero-order valence-corrected chi connectivity index (χ0v) is 19.0. The Balaban J connectivity index is 1.45. The second-order valence-corrected chi connectivity index (χ2v) is 8.29. The van der Waals surface area contributed by atoms with E-state index in [-0.39, 0.29) is 23.3 Å². The number of carbonyl (C=O) groups excluding carboxylic acids is 2. The van der Waals surface area contributed by atoms with Gasteiger partial charge in [0.15, 0.2) is 5.75 Å². The van der Waals surface area contributed by atoms with Crippen LogP contribution in [0, 0.1) is 10.1 Å². The van der Waals surface area contributed by atoms with Gasteiger partial charge in [0, 0.05) is 17.1 Å². The lowest BCUT2D eigenvalue weighted by molar-refractivity contribution is -0.385. The maximum atomic E-state index is 12.9. The lowest BCUT2D eigenvalue weighted by atomic mass is 10.0. The first-order valence-electron chi connectivity index (χ1n) is 10.3. The number of amides is 2. The highest BCUT2D eigenvalue weighted by atomic mass is 32.1. The van der Waals surface area contributed by atoms with Gasteiger partial charge in [0.25, 0.3) is 11.8 Å². The molecule has 0 spiro atoms. The number of benzene rings is 3. The quantitative estimate of drug-likeness (QED) is 0.257. The third kappa shape index (κ3) is 4.27. The summed E-state index contributed by atoms with van der Waals surface area (Å²) in [6.07, 6.45) is 0. The van der Waals surface area contributed by atoms with Gasteiger partial charge in [-0.15, -0.1) is 11.3 Å². The van der Waals surface area contributed by atoms with E-state index in [9.17, 15) is 19.7 Å². The Morgan fingerprint density at radius 3 is 2.57 bits per heavy atom. The molecule has 2 heterocycles. The monoisotopic (exact) mass is 487 g/mol. The third-order valence-electron chi connectivity index (χ3n) is 5.43. The van der Waals surface area contributed by atoms with Crippen LogP contribution < -0.4 is 20.7 Å². The summed E-state index contributed by atoms with van der Waals surface area (Å²) >= 11 is 1.32. The van der Waals surface area contributed by atoms with E-state index in [0.29, 0.717) is 39.6 Å². The van der Waals surface area contributed by atoms with Crippen LogP contribution in [0.3, 0.4) is 0 Å². The Labute approximate surface area is 202 Å². The molecule has 2 amide bonds. The number of nitro groups is 1. The van der Waals surface area contributed by atoms with Gasteiger partial charge in [-0.05, 0) is 53.6 Å². The molecule has 0 fully saturated rings. The highest BCUT2D eigenvalue weighted by molar-refractivity contribution is 7.07. The van der Waals surface area contributed by atoms with E-state index < -0.39 is 4.92 Å². The number of hydrogen-bond donors (Lipinski definition) is 3. The standard InChI is InChI=1S/C24H17N5O5S/c1-34-22-9-14(3-7-21(22)29(32)33)13-2-5-16-18(8-13)27-17-6-4-15(10-19(17)28-23(16)30)26-24(31)20-11-35-12-25-20/h2-12,27H,1H3,(H,26,31)(H,28,30). The average Bonchev–Trinajstić information content (AvgIpc) is 3.36. The van der Waals surface area contributed by atoms with Crippen molar-refractivity contribution in [3.8, 4) is 16.9 Å². The van der Waals surface area contributed by atoms with Crippen molar-refractivity contribution >= 4 is 51.6 Å². The van der Waals surface area contributed by atoms with Gasteiger partial charge >= 0.3 is 5.69 Å². The maximum absolute atomic E-state index is 12.9. The zero-order chi connectivity index (χ0) is 24.5. The molecule has 4 aromatic rings. The fourth-order valence-electron chi connectivity index (χ4n) is 3.72. The van der Waals surface area contributed by atoms with Crippen molar-refractivity contribution in [3.63, 3.8) is 0 Å². The topological polar surface area (TPSA) is 135 Å². The van der Waals surface area contributed by atoms with Crippen molar-refractivity contribution in [2.45, 2.75) is 0 Å². The zero-order valence-electron chi connectivity index (χ0n) is 18.2. The van der Waals surface area contributed by atoms with Crippen LogP contribution in [0.15, 0.2) is 65.5 Å². The molecule has 1 aromatic heterocycles. The Morgan fingerprint density at radius 2 is 1.83 bits per heavy atom. The molecule has 5 rings (SSSR count). The second-order valence-electron chi connectivity index (χ2n) is 7.57. The van der Waals surface area contributed by atoms with Crippen molar-refractivity contribution in [2.75, 3.05) is 23.1 Å². The number of thiazole rings is 1. The molecule has 0 unspecified atom stereocenters. The number of fused-ring (bicyclic) bond motifs is 2. The second kappa shape index (κ2) is 8.88. The Kier molecular flexibility index (Phi) is 5.59. The van der Waals surface area contributed by atoms with Crippen molar-refractivity contribution < 1.29 is 19.2 Å². The van der Waals surface area contributed by atoms with Gasteiger partial charge in [-0.2, -0.15) is 0 Å². The van der Waals surface area contributed by atoms with Gasteiger partial charge in [0.1, 0.15) is 5.69 Å². The molecule has 3 N–H and O–H groups in total. The molecule has 0 radical (unpaired) electrons. The van der Waals surface area contributed by atoms with Crippen LogP contribution in [0.1, 0.15) is 20.8 Å². The van der Waals surface area contributed by atoms with Crippen LogP contribution in [-0.2, 0) is 0 Å². The summed E-state index contributed by atoms with van der Waals surface area (Å²) < 4.78 is 5.17. The summed E-state index contributed by atoms with van der Waals surface area (Å²) in [5, 5.41) is 21.7. The molecule has 0 aliphatic carbocycles. The van der Waals surface area contributed by atoms with Gasteiger partial charge in [-0.1, -0.05) is 6.07 Å². The Hall–Kier alpha value is -4.77. The van der Waals surface area contributed by atoms with Crippen molar-refractivity contribution in [2.24, 2.45) is 0 Å². The number of aromatic nitrogens is 1. The van der Waals surface area contributed by atoms with Crippen LogP contribution in [0.5, 0.6) is 5.75 Å². The average molecular weight is 487 g/mol. The van der Waals surface area contributed by atoms with E-state index in [1.165, 1.54) is 24.5 Å². The highest BCUT2D eigenvalue weighted by Gasteiger charge is 2.21. The molecule has 0 saturated carbocycles. The number of anilines is 4. The van der Waals surface area contributed by atoms with Gasteiger partial charge in [0.05, 0.1) is 40.2 Å². The summed E-state index contributed by atoms with van der Waals surface area (Å²) in [5.74, 6) is -0.515. The summed E-state index contributed by atoms with van der Waals surface area (Å²) in [6.45, 7) is 0. The molecule has 0 saturated heterocycles. The van der Waals surface area contributed by atoms with Crippen LogP contribution in [0.2, 0.25) is 0 Å². The molecule has 11 heteroatoms. The lowest BCUT2D eigenvalue weighted by Crippen LogP contribution is -2.13. The molecule has 35 heavy (non-hydrogen) atoms. The number of methoxy groups -OCH3 is 1. The predicted octanol–water partition coefficient (Wildman–Crippen LogP) is 5.29. The van der Waals surface area contributed by atoms with E-state index in [4.69, 9.17) is 4.74 Å². The number of rotatable bonds is 5. The third-order valence-corrected chi connectivity index (χ3v) is 6.02. The van der Waals surface area contributed by atoms with E-state index in [2.05, 4.69) is 20.9 Å². The minimum absolute atomic E-state index is 0.130. The van der Waals surface area contributed by atoms with Crippen LogP contribution >= 0.6 is 11.3 Å². The van der Waals surface area contributed by atoms with E-state index >= 15 is 0 Å². The molecule has 0 bridgehead atoms. The molecule has 3 aromatic carbocycles. The van der Waals surface area contributed by atoms with E-state index in [1.807, 2.05) is 0 Å². The molecular weight excluding hydrogens is 470 g/mol. The van der Waals surface area contributed by atoms with Crippen molar-refractivity contribution in [3.05, 3.63) is 86.9 Å². The number of hydrogen-bond acceptors (Lipinski definition) is 8. The Morgan fingerprint density at radius 1 is 1.03 bits per heavy atom. The minimum atomic E-state index is -0.504. The number of nitro benzene ring substituents is 1. The summed E-state index contributed by atoms with van der Waals surface area (Å²) in [4.78, 5) is 39.9. The molecule has 1 aliphatic heterocycles. The van der Waals surface area contributed by atoms with Crippen LogP contribution in [0.25, 0.3) is 11.1 Å².